The van der Waals surface area contributed by atoms with E-state index in [1.54, 1.807) is 42.5 Å². The van der Waals surface area contributed by atoms with Crippen molar-refractivity contribution >= 4 is 11.9 Å². The van der Waals surface area contributed by atoms with Crippen molar-refractivity contribution in [1.29, 1.82) is 0 Å². The molecular formula is C20H20FNO3. The highest BCUT2D eigenvalue weighted by atomic mass is 19.1. The van der Waals surface area contributed by atoms with E-state index >= 15 is 0 Å². The molecule has 0 saturated heterocycles. The van der Waals surface area contributed by atoms with Gasteiger partial charge < -0.3 is 10.1 Å². The minimum absolute atomic E-state index is 0.0149. The third kappa shape index (κ3) is 4.89. The van der Waals surface area contributed by atoms with Crippen LogP contribution in [0.2, 0.25) is 0 Å². The van der Waals surface area contributed by atoms with Gasteiger partial charge in [0.05, 0.1) is 0 Å². The molecule has 0 aliphatic heterocycles. The number of amides is 1. The van der Waals surface area contributed by atoms with Crippen LogP contribution in [-0.4, -0.2) is 17.9 Å². The van der Waals surface area contributed by atoms with Gasteiger partial charge in [-0.25, -0.2) is 4.39 Å². The Morgan fingerprint density at radius 3 is 2.44 bits per heavy atom. The first-order valence-corrected chi connectivity index (χ1v) is 8.41. The highest BCUT2D eigenvalue weighted by Gasteiger charge is 2.30. The molecule has 1 aliphatic carbocycles. The Morgan fingerprint density at radius 1 is 1.08 bits per heavy atom. The van der Waals surface area contributed by atoms with Gasteiger partial charge in [-0.1, -0.05) is 48.5 Å². The minimum Gasteiger partial charge on any atom is -0.447 e. The van der Waals surface area contributed by atoms with Crippen molar-refractivity contribution in [2.45, 2.75) is 37.8 Å². The number of carbonyl (C=O) groups is 2. The summed E-state index contributed by atoms with van der Waals surface area (Å²) in [7, 11) is 0. The van der Waals surface area contributed by atoms with E-state index in [0.29, 0.717) is 11.1 Å². The molecule has 0 bridgehead atoms. The molecular weight excluding hydrogens is 321 g/mol. The summed E-state index contributed by atoms with van der Waals surface area (Å²) in [4.78, 5) is 24.6. The molecule has 130 valence electrons. The molecule has 1 atom stereocenters. The summed E-state index contributed by atoms with van der Waals surface area (Å²) in [6.45, 7) is 0. The first-order valence-electron chi connectivity index (χ1n) is 8.41. The second kappa shape index (κ2) is 7.92. The van der Waals surface area contributed by atoms with Crippen molar-refractivity contribution in [2.75, 3.05) is 0 Å². The number of hydrogen-bond donors (Lipinski definition) is 1. The molecule has 3 rings (SSSR count). The number of ether oxygens (including phenoxy) is 1. The maximum atomic E-state index is 13.6. The summed E-state index contributed by atoms with van der Waals surface area (Å²) >= 11 is 0. The summed E-state index contributed by atoms with van der Waals surface area (Å²) in [6, 6.07) is 15.4. The van der Waals surface area contributed by atoms with Gasteiger partial charge in [0.2, 0.25) is 6.10 Å². The van der Waals surface area contributed by atoms with Crippen LogP contribution >= 0.6 is 0 Å². The fourth-order valence-corrected chi connectivity index (χ4v) is 2.53. The molecule has 4 nitrogen and oxygen atoms in total. The first-order chi connectivity index (χ1) is 12.1. The van der Waals surface area contributed by atoms with Gasteiger partial charge in [-0.3, -0.25) is 9.59 Å². The Balaban J connectivity index is 1.63. The fourth-order valence-electron chi connectivity index (χ4n) is 2.53. The van der Waals surface area contributed by atoms with E-state index in [9.17, 15) is 14.0 Å². The van der Waals surface area contributed by atoms with Crippen molar-refractivity contribution in [3.63, 3.8) is 0 Å². The molecule has 1 N–H and O–H groups in total. The van der Waals surface area contributed by atoms with Crippen LogP contribution in [0.25, 0.3) is 0 Å². The standard InChI is InChI=1S/C20H20FNO3/c21-17-9-5-4-6-14(17)10-13-18(23)25-19(15-7-2-1-3-8-15)20(24)22-16-11-12-16/h1-9,16,19H,10-13H2,(H,22,24). The summed E-state index contributed by atoms with van der Waals surface area (Å²) in [6.07, 6.45) is 1.18. The molecule has 25 heavy (non-hydrogen) atoms. The van der Waals surface area contributed by atoms with Crippen LogP contribution in [0.4, 0.5) is 4.39 Å². The summed E-state index contributed by atoms with van der Waals surface area (Å²) in [5.41, 5.74) is 1.08. The lowest BCUT2D eigenvalue weighted by Gasteiger charge is -2.18. The van der Waals surface area contributed by atoms with E-state index in [1.165, 1.54) is 6.07 Å². The number of hydrogen-bond acceptors (Lipinski definition) is 3. The van der Waals surface area contributed by atoms with Crippen LogP contribution in [0.5, 0.6) is 0 Å². The second-order valence-electron chi connectivity index (χ2n) is 6.15. The molecule has 1 unspecified atom stereocenters. The molecule has 1 amide bonds. The molecule has 0 aromatic heterocycles. The molecule has 5 heteroatoms. The number of aryl methyl sites for hydroxylation is 1. The predicted octanol–water partition coefficient (Wildman–Crippen LogP) is 3.32. The molecule has 1 aliphatic rings. The SMILES string of the molecule is O=C(CCc1ccccc1F)OC(C(=O)NC1CC1)c1ccccc1. The lowest BCUT2D eigenvalue weighted by molar-refractivity contribution is -0.156. The fraction of sp³-hybridized carbons (Fsp3) is 0.300. The number of esters is 1. The maximum absolute atomic E-state index is 13.6. The van der Waals surface area contributed by atoms with Gasteiger partial charge >= 0.3 is 5.97 Å². The zero-order valence-electron chi connectivity index (χ0n) is 13.8. The lowest BCUT2D eigenvalue weighted by Crippen LogP contribution is -2.33. The zero-order chi connectivity index (χ0) is 17.6. The number of halogens is 1. The van der Waals surface area contributed by atoms with Gasteiger partial charge in [0, 0.05) is 18.0 Å². The van der Waals surface area contributed by atoms with Crippen molar-refractivity contribution in [3.8, 4) is 0 Å². The van der Waals surface area contributed by atoms with Crippen LogP contribution in [0.1, 0.15) is 36.5 Å². The van der Waals surface area contributed by atoms with Gasteiger partial charge in [-0.15, -0.1) is 0 Å². The molecule has 2 aromatic rings. The van der Waals surface area contributed by atoms with Gasteiger partial charge in [-0.2, -0.15) is 0 Å². The molecule has 0 radical (unpaired) electrons. The van der Waals surface area contributed by atoms with E-state index in [2.05, 4.69) is 5.32 Å². The van der Waals surface area contributed by atoms with Crippen molar-refractivity contribution in [1.82, 2.24) is 5.32 Å². The Hall–Kier alpha value is -2.69. The quantitative estimate of drug-likeness (QED) is 0.786. The number of rotatable bonds is 7. The molecule has 2 aromatic carbocycles. The van der Waals surface area contributed by atoms with Crippen molar-refractivity contribution in [2.24, 2.45) is 0 Å². The van der Waals surface area contributed by atoms with E-state index in [0.717, 1.165) is 12.8 Å². The third-order valence-corrected chi connectivity index (χ3v) is 4.07. The lowest BCUT2D eigenvalue weighted by atomic mass is 10.1. The largest absolute Gasteiger partial charge is 0.447 e. The van der Waals surface area contributed by atoms with Gasteiger partial charge in [-0.05, 0) is 30.9 Å². The Morgan fingerprint density at radius 2 is 1.76 bits per heavy atom. The summed E-state index contributed by atoms with van der Waals surface area (Å²) in [5, 5.41) is 2.86. The first kappa shape index (κ1) is 17.1. The zero-order valence-corrected chi connectivity index (χ0v) is 13.8. The van der Waals surface area contributed by atoms with E-state index in [-0.39, 0.29) is 30.6 Å². The highest BCUT2D eigenvalue weighted by Crippen LogP contribution is 2.23. The molecule has 1 saturated carbocycles. The monoisotopic (exact) mass is 341 g/mol. The second-order valence-corrected chi connectivity index (χ2v) is 6.15. The van der Waals surface area contributed by atoms with E-state index < -0.39 is 12.1 Å². The molecule has 0 heterocycles. The van der Waals surface area contributed by atoms with Crippen molar-refractivity contribution < 1.29 is 18.7 Å². The molecule has 0 spiro atoms. The Labute approximate surface area is 146 Å². The number of carbonyl (C=O) groups excluding carboxylic acids is 2. The van der Waals surface area contributed by atoms with E-state index in [4.69, 9.17) is 4.74 Å². The molecule has 1 fully saturated rings. The van der Waals surface area contributed by atoms with Crippen LogP contribution in [0.3, 0.4) is 0 Å². The third-order valence-electron chi connectivity index (χ3n) is 4.07. The smallest absolute Gasteiger partial charge is 0.307 e. The Bertz CT molecular complexity index is 744. The predicted molar refractivity (Wildman–Crippen MR) is 91.2 cm³/mol. The minimum atomic E-state index is -0.977. The topological polar surface area (TPSA) is 55.4 Å². The average molecular weight is 341 g/mol. The van der Waals surface area contributed by atoms with E-state index in [1.807, 2.05) is 6.07 Å². The van der Waals surface area contributed by atoms with Gasteiger partial charge in [0.25, 0.3) is 5.91 Å². The van der Waals surface area contributed by atoms with Crippen LogP contribution in [0, 0.1) is 5.82 Å². The average Bonchev–Trinajstić information content (AvgIpc) is 3.43. The van der Waals surface area contributed by atoms with Gasteiger partial charge in [0.1, 0.15) is 5.82 Å². The highest BCUT2D eigenvalue weighted by molar-refractivity contribution is 5.85. The maximum Gasteiger partial charge on any atom is 0.307 e. The van der Waals surface area contributed by atoms with Crippen LogP contribution < -0.4 is 5.32 Å². The number of nitrogens with one attached hydrogen (secondary N) is 1. The van der Waals surface area contributed by atoms with Crippen LogP contribution in [-0.2, 0) is 20.7 Å². The van der Waals surface area contributed by atoms with Crippen LogP contribution in [0.15, 0.2) is 54.6 Å². The van der Waals surface area contributed by atoms with Crippen molar-refractivity contribution in [3.05, 3.63) is 71.5 Å². The van der Waals surface area contributed by atoms with Gasteiger partial charge in [0.15, 0.2) is 0 Å². The Kier molecular flexibility index (Phi) is 5.43. The normalized spacial score (nSPS) is 14.6. The summed E-state index contributed by atoms with van der Waals surface area (Å²) < 4.78 is 19.0. The number of benzene rings is 2. The summed E-state index contributed by atoms with van der Waals surface area (Å²) in [5.74, 6) is -1.18.